The Kier molecular flexibility index (Phi) is 13.8. The van der Waals surface area contributed by atoms with E-state index in [-0.39, 0.29) is 17.1 Å². The second kappa shape index (κ2) is 16.7. The van der Waals surface area contributed by atoms with Crippen LogP contribution in [-0.2, 0) is 33.1 Å². The van der Waals surface area contributed by atoms with Gasteiger partial charge in [-0.25, -0.2) is 19.1 Å². The summed E-state index contributed by atoms with van der Waals surface area (Å²) < 4.78 is 52.4. The van der Waals surface area contributed by atoms with Crippen molar-refractivity contribution in [3.63, 3.8) is 0 Å². The van der Waals surface area contributed by atoms with Crippen molar-refractivity contribution in [3.05, 3.63) is 16.7 Å². The molecule has 5 N–H and O–H groups in total. The average molecular weight is 825 g/mol. The van der Waals surface area contributed by atoms with Gasteiger partial charge in [-0.15, -0.1) is 0 Å². The van der Waals surface area contributed by atoms with Crippen LogP contribution in [0.3, 0.4) is 0 Å². The number of rotatable bonds is 18. The first-order valence-corrected chi connectivity index (χ1v) is 22.9. The molecule has 0 spiro atoms. The number of fused-ring (bicyclic) bond motifs is 1. The summed E-state index contributed by atoms with van der Waals surface area (Å²) in [6.07, 6.45) is -1.78. The molecule has 0 aromatic carbocycles. The zero-order chi connectivity index (χ0) is 41.7. The Hall–Kier alpha value is -3.86. The van der Waals surface area contributed by atoms with Crippen molar-refractivity contribution in [2.45, 2.75) is 113 Å². The Morgan fingerprint density at radius 1 is 0.964 bits per heavy atom. The second-order valence-electron chi connectivity index (χ2n) is 14.8. The van der Waals surface area contributed by atoms with E-state index in [4.69, 9.17) is 18.2 Å². The number of phosphoric ester groups is 2. The van der Waals surface area contributed by atoms with Crippen LogP contribution < -0.4 is 5.56 Å². The smallest absolute Gasteiger partial charge is 0.404 e. The number of H-pyrrole nitrogens is 1. The SMILES string of the molecule is CN(C)C=Nc1nc2c(ncn2[C@]2(CCC#N)O[C@](CCC#N)(COP(=O)(O)O)[C@@](CCC#N)(OP(=O)(O)O)[C@@]2(CCC#N)O[Si](C)(C)C(C)(C)C)c(=O)[nH]1. The Morgan fingerprint density at radius 3 is 2.02 bits per heavy atom. The minimum atomic E-state index is -5.81. The number of phosphoric acid groups is 2. The number of aromatic nitrogens is 4. The number of aromatic amines is 1. The van der Waals surface area contributed by atoms with Crippen LogP contribution in [0.1, 0.15) is 72.1 Å². The minimum Gasteiger partial charge on any atom is -0.404 e. The number of nitriles is 4. The van der Waals surface area contributed by atoms with Crippen molar-refractivity contribution in [2.75, 3.05) is 20.7 Å². The largest absolute Gasteiger partial charge is 0.470 e. The molecule has 1 aliphatic heterocycles. The Labute approximate surface area is 318 Å². The highest BCUT2D eigenvalue weighted by Crippen LogP contribution is 2.69. The molecule has 21 nitrogen and oxygen atoms in total. The fourth-order valence-electron chi connectivity index (χ4n) is 6.82. The monoisotopic (exact) mass is 824 g/mol. The first-order chi connectivity index (χ1) is 25.4. The number of hydrogen-bond acceptors (Lipinski definition) is 14. The minimum absolute atomic E-state index is 0.225. The van der Waals surface area contributed by atoms with Crippen molar-refractivity contribution < 1.29 is 46.9 Å². The van der Waals surface area contributed by atoms with Gasteiger partial charge in [0.2, 0.25) is 5.95 Å². The standard InChI is InChI=1S/C31H46N10O11P2Si/c1-27(2,3)55(6,7)52-30(14-10-18-34)29(13-9-17-33,51-54(46,47)48)28(12-8-16-32,20-49-53(43,44)45)50-31(30,15-11-19-35)41-22-36-23-24(41)38-26(39-25(23)42)37-21-40(4)5/h21-22H,8-15,20H2,1-7H3,(H,38,39,42)(H2,43,44,45)(H2,46,47,48)/t28-,29-,30-,31-/m1/s1. The topological polar surface area (TPSA) is 326 Å². The van der Waals surface area contributed by atoms with Crippen LogP contribution >= 0.6 is 15.6 Å². The van der Waals surface area contributed by atoms with Gasteiger partial charge in [-0.05, 0) is 37.4 Å². The third-order valence-corrected chi connectivity index (χ3v) is 15.4. The van der Waals surface area contributed by atoms with Gasteiger partial charge in [0, 0.05) is 46.2 Å². The van der Waals surface area contributed by atoms with Gasteiger partial charge >= 0.3 is 15.6 Å². The fraction of sp³-hybridized carbons (Fsp3) is 0.677. The highest BCUT2D eigenvalue weighted by Gasteiger charge is 2.83. The van der Waals surface area contributed by atoms with E-state index in [1.165, 1.54) is 10.9 Å². The number of ether oxygens (including phenoxy) is 1. The Bertz CT molecular complexity index is 2080. The van der Waals surface area contributed by atoms with Crippen LogP contribution in [0.4, 0.5) is 5.95 Å². The molecule has 0 amide bonds. The summed E-state index contributed by atoms with van der Waals surface area (Å²) in [7, 11) is -11.3. The van der Waals surface area contributed by atoms with Gasteiger partial charge in [0.25, 0.3) is 5.56 Å². The number of aliphatic imine (C=N–C) groups is 1. The predicted molar refractivity (Wildman–Crippen MR) is 196 cm³/mol. The molecule has 1 fully saturated rings. The van der Waals surface area contributed by atoms with Crippen LogP contribution in [0.25, 0.3) is 11.2 Å². The Morgan fingerprint density at radius 2 is 1.51 bits per heavy atom. The quantitative estimate of drug-likeness (QED) is 0.0619. The lowest BCUT2D eigenvalue weighted by atomic mass is 9.64. The maximum atomic E-state index is 13.5. The van der Waals surface area contributed by atoms with E-state index in [2.05, 4.69) is 19.9 Å². The third-order valence-electron chi connectivity index (χ3n) is 9.95. The van der Waals surface area contributed by atoms with Crippen molar-refractivity contribution in [2.24, 2.45) is 4.99 Å². The van der Waals surface area contributed by atoms with Crippen LogP contribution in [0.2, 0.25) is 18.1 Å². The lowest BCUT2D eigenvalue weighted by Gasteiger charge is -2.57. The maximum Gasteiger partial charge on any atom is 0.470 e. The molecular formula is C31H46N10O11P2Si. The molecule has 1 saturated heterocycles. The van der Waals surface area contributed by atoms with Gasteiger partial charge in [0.05, 0.1) is 43.5 Å². The van der Waals surface area contributed by atoms with Crippen molar-refractivity contribution in [1.29, 1.82) is 21.0 Å². The van der Waals surface area contributed by atoms with Gasteiger partial charge in [-0.2, -0.15) is 26.0 Å². The first kappa shape index (κ1) is 45.5. The molecule has 2 aromatic heterocycles. The van der Waals surface area contributed by atoms with Gasteiger partial charge in [-0.3, -0.25) is 23.4 Å². The van der Waals surface area contributed by atoms with Crippen molar-refractivity contribution in [3.8, 4) is 24.3 Å². The zero-order valence-corrected chi connectivity index (χ0v) is 34.4. The molecule has 55 heavy (non-hydrogen) atoms. The molecule has 0 radical (unpaired) electrons. The molecule has 0 aliphatic carbocycles. The number of hydrogen-bond donors (Lipinski definition) is 5. The molecule has 0 unspecified atom stereocenters. The molecule has 0 bridgehead atoms. The van der Waals surface area contributed by atoms with Crippen LogP contribution in [-0.4, -0.2) is 96.2 Å². The van der Waals surface area contributed by atoms with Crippen LogP contribution in [0.15, 0.2) is 16.1 Å². The van der Waals surface area contributed by atoms with Gasteiger partial charge in [-0.1, -0.05) is 20.8 Å². The molecule has 300 valence electrons. The fourth-order valence-corrected chi connectivity index (χ4v) is 9.61. The predicted octanol–water partition coefficient (Wildman–Crippen LogP) is 3.70. The van der Waals surface area contributed by atoms with Crippen LogP contribution in [0, 0.1) is 45.3 Å². The Balaban J connectivity index is 2.87. The lowest BCUT2D eigenvalue weighted by molar-refractivity contribution is -0.213. The summed E-state index contributed by atoms with van der Waals surface area (Å²) in [5.74, 6) is -0.225. The van der Waals surface area contributed by atoms with Crippen LogP contribution in [0.5, 0.6) is 0 Å². The van der Waals surface area contributed by atoms with E-state index in [0.717, 1.165) is 6.33 Å². The van der Waals surface area contributed by atoms with E-state index in [9.17, 15) is 54.5 Å². The summed E-state index contributed by atoms with van der Waals surface area (Å²) in [6, 6.07) is 7.88. The maximum absolute atomic E-state index is 13.5. The second-order valence-corrected chi connectivity index (χ2v) is 21.9. The van der Waals surface area contributed by atoms with Gasteiger partial charge in [0.1, 0.15) is 16.8 Å². The number of imidazole rings is 1. The molecule has 0 saturated carbocycles. The zero-order valence-electron chi connectivity index (χ0n) is 31.6. The van der Waals surface area contributed by atoms with Crippen molar-refractivity contribution >= 4 is 47.4 Å². The van der Waals surface area contributed by atoms with E-state index in [0.29, 0.717) is 0 Å². The normalized spacial score (nSPS) is 24.7. The molecule has 3 rings (SSSR count). The van der Waals surface area contributed by atoms with Gasteiger partial charge in [0.15, 0.2) is 25.2 Å². The van der Waals surface area contributed by atoms with Gasteiger partial charge < -0.3 is 33.6 Å². The molecule has 3 heterocycles. The summed E-state index contributed by atoms with van der Waals surface area (Å²) in [5, 5.41) is 39.6. The summed E-state index contributed by atoms with van der Waals surface area (Å²) >= 11 is 0. The first-order valence-electron chi connectivity index (χ1n) is 16.9. The summed E-state index contributed by atoms with van der Waals surface area (Å²) in [6.45, 7) is 7.85. The molecule has 1 aliphatic rings. The highest BCUT2D eigenvalue weighted by atomic mass is 31.2. The van der Waals surface area contributed by atoms with Crippen molar-refractivity contribution in [1.82, 2.24) is 24.4 Å². The summed E-state index contributed by atoms with van der Waals surface area (Å²) in [4.78, 5) is 72.3. The van der Waals surface area contributed by atoms with E-state index >= 15 is 0 Å². The number of nitrogens with one attached hydrogen (secondary N) is 1. The highest BCUT2D eigenvalue weighted by molar-refractivity contribution is 7.46. The molecule has 24 heteroatoms. The van der Waals surface area contributed by atoms with E-state index in [1.54, 1.807) is 32.1 Å². The average Bonchev–Trinajstić information content (AvgIpc) is 3.57. The summed E-state index contributed by atoms with van der Waals surface area (Å²) in [5.41, 5.74) is -11.4. The molecule has 4 atom stereocenters. The lowest BCUT2D eigenvalue weighted by Crippen LogP contribution is -2.72. The van der Waals surface area contributed by atoms with E-state index < -0.39 is 115 Å². The van der Waals surface area contributed by atoms with E-state index in [1.807, 2.05) is 45.0 Å². The third kappa shape index (κ3) is 9.08. The number of nitrogens with zero attached hydrogens (tertiary/aromatic N) is 9. The molecular weight excluding hydrogens is 778 g/mol. The molecule has 2 aromatic rings.